The molecule has 0 unspecified atom stereocenters. The standard InChI is InChI=1S/C12H11N3O4S/c16-10(17)5-9-7-20-11(14-9)15-12(18)19-6-8-1-3-13-4-2-8/h1-4,7H,5-6H2,(H,16,17)(H,14,15,18). The number of nitrogens with one attached hydrogen (secondary N) is 1. The second-order valence-electron chi connectivity index (χ2n) is 3.77. The number of aromatic nitrogens is 2. The van der Waals surface area contributed by atoms with Crippen molar-refractivity contribution in [2.24, 2.45) is 0 Å². The lowest BCUT2D eigenvalue weighted by molar-refractivity contribution is -0.136. The smallest absolute Gasteiger partial charge is 0.413 e. The molecule has 0 saturated carbocycles. The van der Waals surface area contributed by atoms with Crippen LogP contribution in [0, 0.1) is 0 Å². The minimum atomic E-state index is -0.970. The number of nitrogens with zero attached hydrogens (tertiary/aromatic N) is 2. The fourth-order valence-electron chi connectivity index (χ4n) is 1.35. The molecule has 7 nitrogen and oxygen atoms in total. The maximum Gasteiger partial charge on any atom is 0.413 e. The number of pyridine rings is 1. The monoisotopic (exact) mass is 293 g/mol. The molecule has 0 radical (unpaired) electrons. The van der Waals surface area contributed by atoms with Gasteiger partial charge in [-0.05, 0) is 17.7 Å². The van der Waals surface area contributed by atoms with Crippen LogP contribution in [0.1, 0.15) is 11.3 Å². The highest BCUT2D eigenvalue weighted by atomic mass is 32.1. The van der Waals surface area contributed by atoms with E-state index in [0.29, 0.717) is 10.8 Å². The van der Waals surface area contributed by atoms with E-state index >= 15 is 0 Å². The summed E-state index contributed by atoms with van der Waals surface area (Å²) in [4.78, 5) is 29.8. The largest absolute Gasteiger partial charge is 0.481 e. The highest BCUT2D eigenvalue weighted by Gasteiger charge is 2.09. The Hall–Kier alpha value is -2.48. The molecule has 0 bridgehead atoms. The minimum absolute atomic E-state index is 0.127. The number of aliphatic carboxylic acids is 1. The number of carbonyl (C=O) groups is 2. The van der Waals surface area contributed by atoms with Crippen LogP contribution in [0.4, 0.5) is 9.93 Å². The van der Waals surface area contributed by atoms with E-state index in [2.05, 4.69) is 15.3 Å². The number of ether oxygens (including phenoxy) is 1. The Morgan fingerprint density at radius 1 is 1.35 bits per heavy atom. The number of hydrogen-bond donors (Lipinski definition) is 2. The van der Waals surface area contributed by atoms with Crippen LogP contribution in [0.25, 0.3) is 0 Å². The van der Waals surface area contributed by atoms with Gasteiger partial charge >= 0.3 is 12.1 Å². The number of carboxylic acid groups (broad SMARTS) is 1. The predicted octanol–water partition coefficient (Wildman–Crippen LogP) is 1.91. The van der Waals surface area contributed by atoms with Gasteiger partial charge in [0.25, 0.3) is 0 Å². The summed E-state index contributed by atoms with van der Waals surface area (Å²) in [6.07, 6.45) is 2.40. The van der Waals surface area contributed by atoms with Crippen molar-refractivity contribution in [2.75, 3.05) is 5.32 Å². The molecular formula is C12H11N3O4S. The second-order valence-corrected chi connectivity index (χ2v) is 4.63. The van der Waals surface area contributed by atoms with Gasteiger partial charge in [-0.15, -0.1) is 11.3 Å². The number of thiazole rings is 1. The molecule has 2 rings (SSSR count). The number of rotatable bonds is 5. The van der Waals surface area contributed by atoms with E-state index in [-0.39, 0.29) is 13.0 Å². The number of carbonyl (C=O) groups excluding carboxylic acids is 1. The van der Waals surface area contributed by atoms with Crippen LogP contribution in [0.5, 0.6) is 0 Å². The Morgan fingerprint density at radius 2 is 2.10 bits per heavy atom. The third-order valence-electron chi connectivity index (χ3n) is 2.21. The summed E-state index contributed by atoms with van der Waals surface area (Å²) >= 11 is 1.15. The molecule has 2 N–H and O–H groups in total. The maximum absolute atomic E-state index is 11.5. The van der Waals surface area contributed by atoms with Gasteiger partial charge in [-0.3, -0.25) is 15.1 Å². The van der Waals surface area contributed by atoms with E-state index in [4.69, 9.17) is 9.84 Å². The zero-order valence-electron chi connectivity index (χ0n) is 10.3. The van der Waals surface area contributed by atoms with Crippen molar-refractivity contribution < 1.29 is 19.4 Å². The van der Waals surface area contributed by atoms with E-state index in [9.17, 15) is 9.59 Å². The molecule has 2 heterocycles. The zero-order valence-corrected chi connectivity index (χ0v) is 11.1. The predicted molar refractivity (Wildman–Crippen MR) is 71.5 cm³/mol. The van der Waals surface area contributed by atoms with Gasteiger partial charge in [0.05, 0.1) is 12.1 Å². The molecule has 0 aliphatic rings. The summed E-state index contributed by atoms with van der Waals surface area (Å²) in [5, 5.41) is 12.9. The van der Waals surface area contributed by atoms with Crippen molar-refractivity contribution in [3.63, 3.8) is 0 Å². The van der Waals surface area contributed by atoms with Gasteiger partial charge in [-0.1, -0.05) is 0 Å². The third-order valence-corrected chi connectivity index (χ3v) is 3.02. The van der Waals surface area contributed by atoms with Gasteiger partial charge in [0, 0.05) is 17.8 Å². The van der Waals surface area contributed by atoms with E-state index in [0.717, 1.165) is 16.9 Å². The van der Waals surface area contributed by atoms with Crippen LogP contribution < -0.4 is 5.32 Å². The third kappa shape index (κ3) is 4.32. The molecule has 2 aromatic rings. The molecule has 0 atom stereocenters. The van der Waals surface area contributed by atoms with E-state index in [1.165, 1.54) is 0 Å². The number of hydrogen-bond acceptors (Lipinski definition) is 6. The van der Waals surface area contributed by atoms with Crippen molar-refractivity contribution in [1.29, 1.82) is 0 Å². The topological polar surface area (TPSA) is 101 Å². The SMILES string of the molecule is O=C(O)Cc1csc(NC(=O)OCc2ccncc2)n1. The van der Waals surface area contributed by atoms with Gasteiger partial charge in [0.2, 0.25) is 0 Å². The quantitative estimate of drug-likeness (QED) is 0.873. The summed E-state index contributed by atoms with van der Waals surface area (Å²) in [6.45, 7) is 0.127. The van der Waals surface area contributed by atoms with Gasteiger partial charge in [-0.2, -0.15) is 0 Å². The average molecular weight is 293 g/mol. The molecule has 0 saturated heterocycles. The van der Waals surface area contributed by atoms with Gasteiger partial charge in [0.1, 0.15) is 6.61 Å². The summed E-state index contributed by atoms with van der Waals surface area (Å²) in [5.41, 5.74) is 1.22. The van der Waals surface area contributed by atoms with E-state index < -0.39 is 12.1 Å². The maximum atomic E-state index is 11.5. The summed E-state index contributed by atoms with van der Waals surface area (Å²) in [7, 11) is 0. The summed E-state index contributed by atoms with van der Waals surface area (Å²) in [5.74, 6) is -0.970. The normalized spacial score (nSPS) is 10.0. The molecular weight excluding hydrogens is 282 g/mol. The Morgan fingerprint density at radius 3 is 2.80 bits per heavy atom. The first-order valence-electron chi connectivity index (χ1n) is 5.62. The van der Waals surface area contributed by atoms with Gasteiger partial charge in [-0.25, -0.2) is 9.78 Å². The molecule has 0 aliphatic carbocycles. The van der Waals surface area contributed by atoms with Gasteiger partial charge < -0.3 is 9.84 Å². The van der Waals surface area contributed by atoms with Crippen LogP contribution in [0.2, 0.25) is 0 Å². The second kappa shape index (κ2) is 6.62. The molecule has 20 heavy (non-hydrogen) atoms. The zero-order chi connectivity index (χ0) is 14.4. The Balaban J connectivity index is 1.82. The molecule has 104 valence electrons. The molecule has 0 fully saturated rings. The molecule has 0 aromatic carbocycles. The molecule has 8 heteroatoms. The summed E-state index contributed by atoms with van der Waals surface area (Å²) in [6, 6.07) is 3.48. The van der Waals surface area contributed by atoms with Crippen LogP contribution in [0.3, 0.4) is 0 Å². The number of anilines is 1. The molecule has 0 spiro atoms. The number of carboxylic acids is 1. The summed E-state index contributed by atoms with van der Waals surface area (Å²) < 4.78 is 4.99. The van der Waals surface area contributed by atoms with Crippen molar-refractivity contribution in [1.82, 2.24) is 9.97 Å². The van der Waals surface area contributed by atoms with E-state index in [1.54, 1.807) is 29.9 Å². The highest BCUT2D eigenvalue weighted by Crippen LogP contribution is 2.16. The molecule has 1 amide bonds. The van der Waals surface area contributed by atoms with Crippen LogP contribution in [-0.2, 0) is 22.6 Å². The lowest BCUT2D eigenvalue weighted by atomic mass is 10.3. The van der Waals surface area contributed by atoms with Crippen molar-refractivity contribution in [3.8, 4) is 0 Å². The Labute approximate surface area is 118 Å². The molecule has 0 aliphatic heterocycles. The van der Waals surface area contributed by atoms with Crippen molar-refractivity contribution in [2.45, 2.75) is 13.0 Å². The lowest BCUT2D eigenvalue weighted by Gasteiger charge is -2.04. The van der Waals surface area contributed by atoms with Crippen molar-refractivity contribution in [3.05, 3.63) is 41.2 Å². The van der Waals surface area contributed by atoms with Gasteiger partial charge in [0.15, 0.2) is 5.13 Å². The first-order valence-corrected chi connectivity index (χ1v) is 6.50. The Kier molecular flexibility index (Phi) is 4.61. The lowest BCUT2D eigenvalue weighted by Crippen LogP contribution is -2.13. The molecule has 2 aromatic heterocycles. The number of amides is 1. The van der Waals surface area contributed by atoms with Crippen LogP contribution >= 0.6 is 11.3 Å². The van der Waals surface area contributed by atoms with E-state index in [1.807, 2.05) is 0 Å². The highest BCUT2D eigenvalue weighted by molar-refractivity contribution is 7.13. The Bertz CT molecular complexity index is 600. The first-order chi connectivity index (χ1) is 9.63. The van der Waals surface area contributed by atoms with Crippen LogP contribution in [0.15, 0.2) is 29.9 Å². The minimum Gasteiger partial charge on any atom is -0.481 e. The van der Waals surface area contributed by atoms with Crippen molar-refractivity contribution >= 4 is 28.5 Å². The first kappa shape index (κ1) is 13.9. The fraction of sp³-hybridized carbons (Fsp3) is 0.167. The fourth-order valence-corrected chi connectivity index (χ4v) is 2.05. The average Bonchev–Trinajstić information content (AvgIpc) is 2.84. The van der Waals surface area contributed by atoms with Crippen LogP contribution in [-0.4, -0.2) is 27.1 Å².